The average Bonchev–Trinajstić information content (AvgIpc) is 2.71. The zero-order valence-electron chi connectivity index (χ0n) is 12.1. The number of aryl methyl sites for hydroxylation is 4. The maximum atomic E-state index is 6.24. The number of aromatic nitrogens is 2. The molecular formula is C16H23N3. The molecule has 3 heteroatoms. The third kappa shape index (κ3) is 3.93. The van der Waals surface area contributed by atoms with Crippen LogP contribution in [0.5, 0.6) is 0 Å². The number of nitrogens with two attached hydrogens (primary N) is 1. The lowest BCUT2D eigenvalue weighted by Gasteiger charge is -2.13. The Morgan fingerprint density at radius 1 is 1.21 bits per heavy atom. The van der Waals surface area contributed by atoms with Gasteiger partial charge in [0.25, 0.3) is 0 Å². The minimum atomic E-state index is 0.205. The fraction of sp³-hybridized carbons (Fsp3) is 0.438. The highest BCUT2D eigenvalue weighted by Crippen LogP contribution is 2.12. The molecule has 0 saturated heterocycles. The maximum Gasteiger partial charge on any atom is 0.0492 e. The van der Waals surface area contributed by atoms with E-state index in [1.54, 1.807) is 0 Å². The highest BCUT2D eigenvalue weighted by atomic mass is 15.2. The Morgan fingerprint density at radius 3 is 2.47 bits per heavy atom. The zero-order valence-corrected chi connectivity index (χ0v) is 12.1. The third-order valence-corrected chi connectivity index (χ3v) is 3.47. The molecule has 0 spiro atoms. The summed E-state index contributed by atoms with van der Waals surface area (Å²) >= 11 is 0. The predicted molar refractivity (Wildman–Crippen MR) is 79.1 cm³/mol. The molecule has 0 bridgehead atoms. The van der Waals surface area contributed by atoms with Gasteiger partial charge in [-0.25, -0.2) is 0 Å². The van der Waals surface area contributed by atoms with E-state index in [0.29, 0.717) is 0 Å². The van der Waals surface area contributed by atoms with Crippen LogP contribution in [0.15, 0.2) is 30.5 Å². The van der Waals surface area contributed by atoms with Gasteiger partial charge in [0.15, 0.2) is 0 Å². The van der Waals surface area contributed by atoms with Crippen molar-refractivity contribution < 1.29 is 0 Å². The van der Waals surface area contributed by atoms with E-state index in [9.17, 15) is 0 Å². The van der Waals surface area contributed by atoms with Crippen LogP contribution in [-0.2, 0) is 19.9 Å². The molecule has 0 aliphatic carbocycles. The standard InChI is InChI=1S/C16H23N3/c1-12-8-13(2)10-14(9-12)11-15(17)4-5-16-6-7-18-19(16)3/h6-10,15H,4-5,11,17H2,1-3H3. The van der Waals surface area contributed by atoms with Crippen molar-refractivity contribution in [2.24, 2.45) is 12.8 Å². The topological polar surface area (TPSA) is 43.8 Å². The van der Waals surface area contributed by atoms with Crippen molar-refractivity contribution in [3.05, 3.63) is 52.8 Å². The Kier molecular flexibility index (Phi) is 4.38. The Bertz CT molecular complexity index is 522. The van der Waals surface area contributed by atoms with Gasteiger partial charge in [0, 0.05) is 25.0 Å². The van der Waals surface area contributed by atoms with E-state index < -0.39 is 0 Å². The highest BCUT2D eigenvalue weighted by Gasteiger charge is 2.07. The summed E-state index contributed by atoms with van der Waals surface area (Å²) in [5, 5.41) is 4.18. The first-order chi connectivity index (χ1) is 9.04. The van der Waals surface area contributed by atoms with E-state index in [1.165, 1.54) is 22.4 Å². The van der Waals surface area contributed by atoms with E-state index in [2.05, 4.69) is 43.2 Å². The van der Waals surface area contributed by atoms with E-state index in [4.69, 9.17) is 5.73 Å². The van der Waals surface area contributed by atoms with E-state index >= 15 is 0 Å². The van der Waals surface area contributed by atoms with Crippen LogP contribution >= 0.6 is 0 Å². The first-order valence-electron chi connectivity index (χ1n) is 6.84. The molecule has 0 radical (unpaired) electrons. The van der Waals surface area contributed by atoms with Crippen LogP contribution in [0.4, 0.5) is 0 Å². The van der Waals surface area contributed by atoms with Gasteiger partial charge in [-0.15, -0.1) is 0 Å². The smallest absolute Gasteiger partial charge is 0.0492 e. The summed E-state index contributed by atoms with van der Waals surface area (Å²) in [6.07, 6.45) is 4.76. The fourth-order valence-electron chi connectivity index (χ4n) is 2.57. The zero-order chi connectivity index (χ0) is 13.8. The normalized spacial score (nSPS) is 12.6. The minimum absolute atomic E-state index is 0.205. The fourth-order valence-corrected chi connectivity index (χ4v) is 2.57. The Hall–Kier alpha value is -1.61. The lowest BCUT2D eigenvalue weighted by atomic mass is 9.98. The number of nitrogens with zero attached hydrogens (tertiary/aromatic N) is 2. The van der Waals surface area contributed by atoms with Gasteiger partial charge in [-0.3, -0.25) is 4.68 Å². The lowest BCUT2D eigenvalue weighted by molar-refractivity contribution is 0.586. The number of hydrogen-bond acceptors (Lipinski definition) is 2. The van der Waals surface area contributed by atoms with Crippen molar-refractivity contribution in [2.75, 3.05) is 0 Å². The van der Waals surface area contributed by atoms with Crippen LogP contribution in [0.1, 0.15) is 28.8 Å². The first kappa shape index (κ1) is 13.8. The molecular weight excluding hydrogens is 234 g/mol. The summed E-state index contributed by atoms with van der Waals surface area (Å²) in [6, 6.07) is 8.93. The van der Waals surface area contributed by atoms with Crippen LogP contribution in [0.25, 0.3) is 0 Å². The molecule has 0 saturated carbocycles. The molecule has 2 N–H and O–H groups in total. The lowest BCUT2D eigenvalue weighted by Crippen LogP contribution is -2.24. The second-order valence-electron chi connectivity index (χ2n) is 5.44. The van der Waals surface area contributed by atoms with Gasteiger partial charge in [-0.2, -0.15) is 5.10 Å². The quantitative estimate of drug-likeness (QED) is 0.894. The first-order valence-corrected chi connectivity index (χ1v) is 6.84. The maximum absolute atomic E-state index is 6.24. The Morgan fingerprint density at radius 2 is 1.89 bits per heavy atom. The van der Waals surface area contributed by atoms with Gasteiger partial charge in [0.2, 0.25) is 0 Å². The van der Waals surface area contributed by atoms with Gasteiger partial charge >= 0.3 is 0 Å². The van der Waals surface area contributed by atoms with Crippen LogP contribution < -0.4 is 5.73 Å². The number of hydrogen-bond donors (Lipinski definition) is 1. The molecule has 3 nitrogen and oxygen atoms in total. The SMILES string of the molecule is Cc1cc(C)cc(CC(N)CCc2ccnn2C)c1. The number of benzene rings is 1. The summed E-state index contributed by atoms with van der Waals surface area (Å²) in [4.78, 5) is 0. The molecule has 0 fully saturated rings. The molecule has 102 valence electrons. The Labute approximate surface area is 115 Å². The molecule has 2 aromatic rings. The summed E-state index contributed by atoms with van der Waals surface area (Å²) in [7, 11) is 1.98. The molecule has 1 unspecified atom stereocenters. The summed E-state index contributed by atoms with van der Waals surface area (Å²) in [5.74, 6) is 0. The van der Waals surface area contributed by atoms with Crippen molar-refractivity contribution >= 4 is 0 Å². The molecule has 1 aromatic carbocycles. The molecule has 1 heterocycles. The van der Waals surface area contributed by atoms with Crippen LogP contribution in [0.2, 0.25) is 0 Å². The predicted octanol–water partition coefficient (Wildman–Crippen LogP) is 2.54. The Balaban J connectivity index is 1.90. The van der Waals surface area contributed by atoms with E-state index in [-0.39, 0.29) is 6.04 Å². The van der Waals surface area contributed by atoms with Crippen molar-refractivity contribution in [1.29, 1.82) is 0 Å². The van der Waals surface area contributed by atoms with Crippen LogP contribution in [0.3, 0.4) is 0 Å². The highest BCUT2D eigenvalue weighted by molar-refractivity contribution is 5.29. The second kappa shape index (κ2) is 6.02. The van der Waals surface area contributed by atoms with E-state index in [1.807, 2.05) is 17.9 Å². The summed E-state index contributed by atoms with van der Waals surface area (Å²) in [6.45, 7) is 4.27. The summed E-state index contributed by atoms with van der Waals surface area (Å²) in [5.41, 5.74) is 11.5. The molecule has 0 aliphatic rings. The van der Waals surface area contributed by atoms with Crippen LogP contribution in [0, 0.1) is 13.8 Å². The minimum Gasteiger partial charge on any atom is -0.327 e. The van der Waals surface area contributed by atoms with Crippen molar-refractivity contribution in [1.82, 2.24) is 9.78 Å². The molecule has 19 heavy (non-hydrogen) atoms. The molecule has 1 atom stereocenters. The van der Waals surface area contributed by atoms with Crippen molar-refractivity contribution in [3.63, 3.8) is 0 Å². The monoisotopic (exact) mass is 257 g/mol. The molecule has 1 aromatic heterocycles. The van der Waals surface area contributed by atoms with Crippen LogP contribution in [-0.4, -0.2) is 15.8 Å². The molecule has 0 aliphatic heterocycles. The van der Waals surface area contributed by atoms with Gasteiger partial charge in [0.1, 0.15) is 0 Å². The van der Waals surface area contributed by atoms with E-state index in [0.717, 1.165) is 19.3 Å². The second-order valence-corrected chi connectivity index (χ2v) is 5.44. The van der Waals surface area contributed by atoms with Gasteiger partial charge < -0.3 is 5.73 Å². The van der Waals surface area contributed by atoms with Crippen molar-refractivity contribution in [3.8, 4) is 0 Å². The average molecular weight is 257 g/mol. The third-order valence-electron chi connectivity index (χ3n) is 3.47. The molecule has 0 amide bonds. The van der Waals surface area contributed by atoms with Gasteiger partial charge in [-0.05, 0) is 44.7 Å². The molecule has 2 rings (SSSR count). The summed E-state index contributed by atoms with van der Waals surface area (Å²) < 4.78 is 1.92. The van der Waals surface area contributed by atoms with Crippen molar-refractivity contribution in [2.45, 2.75) is 39.2 Å². The number of rotatable bonds is 5. The van der Waals surface area contributed by atoms with Gasteiger partial charge in [-0.1, -0.05) is 29.3 Å². The van der Waals surface area contributed by atoms with Gasteiger partial charge in [0.05, 0.1) is 0 Å². The largest absolute Gasteiger partial charge is 0.327 e.